The van der Waals surface area contributed by atoms with Crippen LogP contribution in [0.5, 0.6) is 0 Å². The predicted octanol–water partition coefficient (Wildman–Crippen LogP) is 4.76. The highest BCUT2D eigenvalue weighted by atomic mass is 79.9. The van der Waals surface area contributed by atoms with Crippen LogP contribution >= 0.6 is 15.9 Å². The fourth-order valence-electron chi connectivity index (χ4n) is 2.02. The van der Waals surface area contributed by atoms with Gasteiger partial charge in [0.25, 0.3) is 0 Å². The Bertz CT molecular complexity index is 494. The van der Waals surface area contributed by atoms with E-state index < -0.39 is 0 Å². The highest BCUT2D eigenvalue weighted by Crippen LogP contribution is 2.35. The molecule has 1 aromatic rings. The van der Waals surface area contributed by atoms with Crippen LogP contribution in [0.25, 0.3) is 5.57 Å². The van der Waals surface area contributed by atoms with Gasteiger partial charge in [-0.2, -0.15) is 0 Å². The molecule has 1 aliphatic rings. The molecule has 3 heteroatoms. The molecule has 1 unspecified atom stereocenters. The minimum Gasteiger partial charge on any atom is -0.512 e. The van der Waals surface area contributed by atoms with Gasteiger partial charge in [-0.1, -0.05) is 35.0 Å². The first kappa shape index (κ1) is 12.4. The molecule has 0 aliphatic heterocycles. The van der Waals surface area contributed by atoms with Crippen molar-refractivity contribution in [2.75, 3.05) is 0 Å². The van der Waals surface area contributed by atoms with Crippen LogP contribution in [0.15, 0.2) is 34.5 Å². The quantitative estimate of drug-likeness (QED) is 0.792. The smallest absolute Gasteiger partial charge is 0.132 e. The van der Waals surface area contributed by atoms with Crippen molar-refractivity contribution in [3.05, 3.63) is 51.5 Å². The van der Waals surface area contributed by atoms with Gasteiger partial charge in [0.05, 0.1) is 0 Å². The maximum atomic E-state index is 14.0. The van der Waals surface area contributed by atoms with E-state index in [2.05, 4.69) is 15.9 Å². The van der Waals surface area contributed by atoms with E-state index in [1.54, 1.807) is 6.08 Å². The number of hydrogen-bond donors (Lipinski definition) is 1. The molecular formula is C14H14BrFO. The monoisotopic (exact) mass is 296 g/mol. The molecule has 0 saturated carbocycles. The highest BCUT2D eigenvalue weighted by molar-refractivity contribution is 9.10. The summed E-state index contributed by atoms with van der Waals surface area (Å²) < 4.78 is 14.6. The van der Waals surface area contributed by atoms with E-state index >= 15 is 0 Å². The van der Waals surface area contributed by atoms with Crippen LogP contribution in [-0.4, -0.2) is 5.11 Å². The van der Waals surface area contributed by atoms with E-state index in [0.29, 0.717) is 27.9 Å². The second-order valence-electron chi connectivity index (χ2n) is 4.50. The molecule has 0 aromatic heterocycles. The Morgan fingerprint density at radius 2 is 2.12 bits per heavy atom. The zero-order chi connectivity index (χ0) is 12.6. The first-order valence-corrected chi connectivity index (χ1v) is 6.34. The summed E-state index contributed by atoms with van der Waals surface area (Å²) in [6.45, 7) is 3.86. The lowest BCUT2D eigenvalue weighted by Crippen LogP contribution is -2.03. The Labute approximate surface area is 109 Å². The van der Waals surface area contributed by atoms with Gasteiger partial charge in [0.1, 0.15) is 11.6 Å². The number of aliphatic hydroxyl groups excluding tert-OH is 1. The van der Waals surface area contributed by atoms with Gasteiger partial charge in [0.15, 0.2) is 0 Å². The molecule has 0 bridgehead atoms. The number of hydrogen-bond acceptors (Lipinski definition) is 1. The van der Waals surface area contributed by atoms with E-state index in [-0.39, 0.29) is 11.6 Å². The molecule has 0 saturated heterocycles. The largest absolute Gasteiger partial charge is 0.512 e. The van der Waals surface area contributed by atoms with Gasteiger partial charge in [-0.05, 0) is 30.5 Å². The second kappa shape index (κ2) is 4.65. The number of aryl methyl sites for hydroxylation is 1. The zero-order valence-corrected chi connectivity index (χ0v) is 11.4. The van der Waals surface area contributed by atoms with E-state index in [1.807, 2.05) is 26.0 Å². The van der Waals surface area contributed by atoms with Crippen LogP contribution in [0, 0.1) is 18.7 Å². The number of benzene rings is 1. The molecule has 2 rings (SSSR count). The molecule has 1 atom stereocenters. The molecule has 90 valence electrons. The summed E-state index contributed by atoms with van der Waals surface area (Å²) in [6, 6.07) is 3.33. The van der Waals surface area contributed by atoms with E-state index in [4.69, 9.17) is 0 Å². The lowest BCUT2D eigenvalue weighted by atomic mass is 9.92. The van der Waals surface area contributed by atoms with Gasteiger partial charge in [-0.15, -0.1) is 0 Å². The maximum Gasteiger partial charge on any atom is 0.132 e. The van der Waals surface area contributed by atoms with Crippen LogP contribution in [-0.2, 0) is 0 Å². The SMILES string of the molecule is Cc1cc(F)c(C2=C(O)CC(C)C=C2)c(Br)c1. The average Bonchev–Trinajstić information content (AvgIpc) is 2.19. The fourth-order valence-corrected chi connectivity index (χ4v) is 2.79. The van der Waals surface area contributed by atoms with E-state index in [1.165, 1.54) is 6.07 Å². The van der Waals surface area contributed by atoms with Gasteiger partial charge >= 0.3 is 0 Å². The van der Waals surface area contributed by atoms with Gasteiger partial charge < -0.3 is 5.11 Å². The normalized spacial score (nSPS) is 19.9. The summed E-state index contributed by atoms with van der Waals surface area (Å²) in [6.07, 6.45) is 4.34. The molecule has 0 amide bonds. The molecule has 0 fully saturated rings. The summed E-state index contributed by atoms with van der Waals surface area (Å²) >= 11 is 3.36. The Balaban J connectivity index is 2.56. The van der Waals surface area contributed by atoms with Crippen LogP contribution < -0.4 is 0 Å². The van der Waals surface area contributed by atoms with Crippen molar-refractivity contribution >= 4 is 21.5 Å². The Kier molecular flexibility index (Phi) is 3.38. The van der Waals surface area contributed by atoms with Crippen molar-refractivity contribution in [2.24, 2.45) is 5.92 Å². The summed E-state index contributed by atoms with van der Waals surface area (Å²) in [5.74, 6) is 0.243. The third-order valence-corrected chi connectivity index (χ3v) is 3.50. The van der Waals surface area contributed by atoms with Gasteiger partial charge in [-0.3, -0.25) is 0 Å². The molecule has 17 heavy (non-hydrogen) atoms. The molecule has 1 N–H and O–H groups in total. The highest BCUT2D eigenvalue weighted by Gasteiger charge is 2.19. The predicted molar refractivity (Wildman–Crippen MR) is 71.3 cm³/mol. The third-order valence-electron chi connectivity index (χ3n) is 2.87. The van der Waals surface area contributed by atoms with Crippen molar-refractivity contribution in [3.63, 3.8) is 0 Å². The van der Waals surface area contributed by atoms with Gasteiger partial charge in [0, 0.05) is 22.0 Å². The molecule has 0 heterocycles. The van der Waals surface area contributed by atoms with Gasteiger partial charge in [-0.25, -0.2) is 4.39 Å². The molecule has 1 aromatic carbocycles. The average molecular weight is 297 g/mol. The standard InChI is InChI=1S/C14H14BrFO/c1-8-3-4-10(13(17)7-8)14-11(15)5-9(2)6-12(14)16/h3-6,8,17H,7H2,1-2H3. The van der Waals surface area contributed by atoms with Crippen molar-refractivity contribution in [3.8, 4) is 0 Å². The first-order valence-electron chi connectivity index (χ1n) is 5.55. The number of halogens is 2. The summed E-state index contributed by atoms with van der Waals surface area (Å²) in [4.78, 5) is 0. The van der Waals surface area contributed by atoms with Crippen molar-refractivity contribution in [1.29, 1.82) is 0 Å². The van der Waals surface area contributed by atoms with Crippen molar-refractivity contribution in [2.45, 2.75) is 20.3 Å². The molecule has 1 nitrogen and oxygen atoms in total. The summed E-state index contributed by atoms with van der Waals surface area (Å²) in [5, 5.41) is 9.95. The molecule has 0 spiro atoms. The van der Waals surface area contributed by atoms with Gasteiger partial charge in [0.2, 0.25) is 0 Å². The van der Waals surface area contributed by atoms with Crippen LogP contribution in [0.4, 0.5) is 4.39 Å². The first-order chi connectivity index (χ1) is 7.99. The third kappa shape index (κ3) is 2.44. The molecule has 1 aliphatic carbocycles. The number of aliphatic hydroxyl groups is 1. The summed E-state index contributed by atoms with van der Waals surface area (Å²) in [7, 11) is 0. The fraction of sp³-hybridized carbons (Fsp3) is 0.286. The second-order valence-corrected chi connectivity index (χ2v) is 5.36. The van der Waals surface area contributed by atoms with Crippen molar-refractivity contribution < 1.29 is 9.50 Å². The molecular weight excluding hydrogens is 283 g/mol. The maximum absolute atomic E-state index is 14.0. The van der Waals surface area contributed by atoms with Crippen LogP contribution in [0.2, 0.25) is 0 Å². The van der Waals surface area contributed by atoms with Crippen molar-refractivity contribution in [1.82, 2.24) is 0 Å². The lowest BCUT2D eigenvalue weighted by Gasteiger charge is -2.17. The number of rotatable bonds is 1. The summed E-state index contributed by atoms with van der Waals surface area (Å²) in [5.41, 5.74) is 1.87. The lowest BCUT2D eigenvalue weighted by molar-refractivity contribution is 0.373. The van der Waals surface area contributed by atoms with E-state index in [9.17, 15) is 9.50 Å². The zero-order valence-electron chi connectivity index (χ0n) is 9.80. The molecule has 0 radical (unpaired) electrons. The van der Waals surface area contributed by atoms with Crippen LogP contribution in [0.1, 0.15) is 24.5 Å². The van der Waals surface area contributed by atoms with Crippen LogP contribution in [0.3, 0.4) is 0 Å². The Morgan fingerprint density at radius 3 is 2.71 bits per heavy atom. The Hall–Kier alpha value is -1.09. The number of allylic oxidation sites excluding steroid dienone is 4. The van der Waals surface area contributed by atoms with E-state index in [0.717, 1.165) is 5.56 Å². The Morgan fingerprint density at radius 1 is 1.41 bits per heavy atom. The topological polar surface area (TPSA) is 20.2 Å². The minimum atomic E-state index is -0.308. The minimum absolute atomic E-state index is 0.253.